The summed E-state index contributed by atoms with van der Waals surface area (Å²) in [6.07, 6.45) is 6.97. The molecule has 3 heterocycles. The van der Waals surface area contributed by atoms with Crippen LogP contribution in [0.3, 0.4) is 0 Å². The number of benzene rings is 8. The normalized spacial score (nSPS) is 16.1. The largest absolute Gasteiger partial charge is 0.309 e. The molecular formula is C61H37N3. The molecule has 0 N–H and O–H groups in total. The minimum atomic E-state index is -0.407. The number of aromatic nitrogens is 3. The summed E-state index contributed by atoms with van der Waals surface area (Å²) in [7, 11) is 0. The molecule has 3 aromatic heterocycles. The summed E-state index contributed by atoms with van der Waals surface area (Å²) >= 11 is 0. The first-order valence-electron chi connectivity index (χ1n) is 22.4. The Morgan fingerprint density at radius 2 is 0.922 bits per heavy atom. The Hall–Kier alpha value is -8.32. The summed E-state index contributed by atoms with van der Waals surface area (Å²) in [6, 6.07) is 77.0. The smallest absolute Gasteiger partial charge is 0.105 e. The predicted octanol–water partition coefficient (Wildman–Crippen LogP) is 15.0. The number of allylic oxidation sites excluding steroid dienone is 4. The van der Waals surface area contributed by atoms with Gasteiger partial charge in [0, 0.05) is 32.3 Å². The van der Waals surface area contributed by atoms with Gasteiger partial charge in [0.2, 0.25) is 0 Å². The van der Waals surface area contributed by atoms with Gasteiger partial charge in [-0.2, -0.15) is 0 Å². The fraction of sp³-hybridized carbons (Fsp3) is 0.0492. The fourth-order valence-corrected chi connectivity index (χ4v) is 12.3. The van der Waals surface area contributed by atoms with Crippen LogP contribution < -0.4 is 0 Å². The van der Waals surface area contributed by atoms with E-state index in [1.807, 2.05) is 6.07 Å². The summed E-state index contributed by atoms with van der Waals surface area (Å²) < 4.78 is 7.38. The number of rotatable bonds is 3. The maximum absolute atomic E-state index is 3.54. The lowest BCUT2D eigenvalue weighted by molar-refractivity contribution is 0.781. The third-order valence-electron chi connectivity index (χ3n) is 14.7. The van der Waals surface area contributed by atoms with Crippen LogP contribution in [-0.2, 0) is 5.41 Å². The standard InChI is InChI=1S/C61H37N3/c1-9-25-51-41(17-1)42-18-2-10-26-52(42)61(51)53-27-11-3-19-43(53)49-36-50-48-24-8-16-32-59(48)64(60(50)37-54(49)61)40-34-38(62-55-28-12-4-20-44(55)45-21-5-13-29-56(45)62)33-39(35-40)63-57-30-14-6-22-46(57)47-23-7-15-31-58(47)63/h1,3-14,16-17,19-30,32-37H,2,18H2. The van der Waals surface area contributed by atoms with Crippen LogP contribution in [0, 0.1) is 12.1 Å². The molecule has 1 atom stereocenters. The SMILES string of the molecule is c1ccc2c3ccccc3n(-c3cc(-n4c5ccccc5c5ccccc54)cc(-n4c5ccccc5c5cc6c(cc54)C4(C5=C(CCC=C5)c5ccccc54)c4ccccc4-6)c3)c2c#1. The van der Waals surface area contributed by atoms with Gasteiger partial charge in [-0.25, -0.2) is 0 Å². The molecule has 15 rings (SSSR count). The summed E-state index contributed by atoms with van der Waals surface area (Å²) in [4.78, 5) is 0. The Bertz CT molecular complexity index is 3850. The second-order valence-corrected chi connectivity index (χ2v) is 17.7. The molecule has 12 aromatic rings. The van der Waals surface area contributed by atoms with Gasteiger partial charge in [-0.3, -0.25) is 0 Å². The number of fused-ring (bicyclic) bond motifs is 18. The Kier molecular flexibility index (Phi) is 6.65. The number of hydrogen-bond donors (Lipinski definition) is 0. The van der Waals surface area contributed by atoms with Crippen molar-refractivity contribution in [3.63, 3.8) is 0 Å². The zero-order chi connectivity index (χ0) is 41.7. The molecule has 0 saturated heterocycles. The number of hydrogen-bond acceptors (Lipinski definition) is 0. The first kappa shape index (κ1) is 34.3. The lowest BCUT2D eigenvalue weighted by Crippen LogP contribution is -2.27. The molecule has 0 saturated carbocycles. The van der Waals surface area contributed by atoms with E-state index in [9.17, 15) is 0 Å². The van der Waals surface area contributed by atoms with Crippen LogP contribution in [-0.4, -0.2) is 13.7 Å². The van der Waals surface area contributed by atoms with Gasteiger partial charge in [-0.05, 0) is 130 Å². The van der Waals surface area contributed by atoms with Gasteiger partial charge in [-0.1, -0.05) is 140 Å². The molecule has 0 radical (unpaired) electrons. The molecule has 3 aliphatic carbocycles. The first-order valence-corrected chi connectivity index (χ1v) is 22.4. The minimum Gasteiger partial charge on any atom is -0.309 e. The van der Waals surface area contributed by atoms with Crippen LogP contribution in [0.5, 0.6) is 0 Å². The Labute approximate surface area is 369 Å². The van der Waals surface area contributed by atoms with E-state index in [4.69, 9.17) is 0 Å². The van der Waals surface area contributed by atoms with Gasteiger partial charge in [0.1, 0.15) is 5.52 Å². The van der Waals surface area contributed by atoms with Gasteiger partial charge in [0.25, 0.3) is 0 Å². The van der Waals surface area contributed by atoms with E-state index in [1.165, 1.54) is 93.5 Å². The first-order chi connectivity index (χ1) is 31.8. The van der Waals surface area contributed by atoms with Crippen LogP contribution in [0.2, 0.25) is 0 Å². The summed E-state index contributed by atoms with van der Waals surface area (Å²) in [6.45, 7) is 0. The molecule has 296 valence electrons. The van der Waals surface area contributed by atoms with E-state index < -0.39 is 5.41 Å². The molecule has 0 aliphatic heterocycles. The summed E-state index contributed by atoms with van der Waals surface area (Å²) in [5.41, 5.74) is 20.9. The number of nitrogens with zero attached hydrogens (tertiary/aromatic N) is 3. The van der Waals surface area contributed by atoms with Gasteiger partial charge in [-0.15, -0.1) is 0 Å². The molecule has 9 aromatic carbocycles. The maximum atomic E-state index is 3.54. The van der Waals surface area contributed by atoms with E-state index in [2.05, 4.69) is 220 Å². The van der Waals surface area contributed by atoms with Gasteiger partial charge in [0.15, 0.2) is 0 Å². The molecule has 0 bridgehead atoms. The zero-order valence-electron chi connectivity index (χ0n) is 34.8. The van der Waals surface area contributed by atoms with Crippen molar-refractivity contribution < 1.29 is 0 Å². The van der Waals surface area contributed by atoms with Crippen molar-refractivity contribution in [2.45, 2.75) is 18.3 Å². The summed E-state index contributed by atoms with van der Waals surface area (Å²) in [5.74, 6) is 0. The zero-order valence-corrected chi connectivity index (χ0v) is 34.8. The van der Waals surface area contributed by atoms with Crippen LogP contribution in [0.1, 0.15) is 35.1 Å². The Balaban J connectivity index is 1.09. The van der Waals surface area contributed by atoms with E-state index in [-0.39, 0.29) is 0 Å². The van der Waals surface area contributed by atoms with E-state index in [1.54, 1.807) is 0 Å². The molecule has 0 fully saturated rings. The van der Waals surface area contributed by atoms with E-state index in [0.29, 0.717) is 0 Å². The second-order valence-electron chi connectivity index (χ2n) is 17.7. The molecule has 3 heteroatoms. The van der Waals surface area contributed by atoms with Crippen molar-refractivity contribution in [3.05, 3.63) is 240 Å². The van der Waals surface area contributed by atoms with Gasteiger partial charge in [0.05, 0.1) is 50.1 Å². The molecule has 3 aliphatic rings. The van der Waals surface area contributed by atoms with Gasteiger partial charge >= 0.3 is 0 Å². The van der Waals surface area contributed by atoms with Crippen LogP contribution in [0.4, 0.5) is 0 Å². The second kappa shape index (κ2) is 12.4. The van der Waals surface area contributed by atoms with Crippen molar-refractivity contribution in [1.29, 1.82) is 0 Å². The third kappa shape index (κ3) is 4.23. The lowest BCUT2D eigenvalue weighted by atomic mass is 9.69. The average Bonchev–Trinajstić information content (AvgIpc) is 4.13. The van der Waals surface area contributed by atoms with Crippen LogP contribution >= 0.6 is 0 Å². The molecule has 1 spiro atoms. The quantitative estimate of drug-likeness (QED) is 0.169. The van der Waals surface area contributed by atoms with E-state index >= 15 is 0 Å². The Morgan fingerprint density at radius 3 is 1.59 bits per heavy atom. The molecule has 64 heavy (non-hydrogen) atoms. The third-order valence-corrected chi connectivity index (χ3v) is 14.7. The highest BCUT2D eigenvalue weighted by Gasteiger charge is 2.52. The highest BCUT2D eigenvalue weighted by Crippen LogP contribution is 2.64. The highest BCUT2D eigenvalue weighted by molar-refractivity contribution is 6.14. The van der Waals surface area contributed by atoms with Crippen LogP contribution in [0.15, 0.2) is 206 Å². The molecular weight excluding hydrogens is 775 g/mol. The van der Waals surface area contributed by atoms with Crippen molar-refractivity contribution in [2.75, 3.05) is 0 Å². The van der Waals surface area contributed by atoms with Crippen molar-refractivity contribution in [3.8, 4) is 28.2 Å². The minimum absolute atomic E-state index is 0.407. The number of para-hydroxylation sites is 4. The highest BCUT2D eigenvalue weighted by atomic mass is 15.0. The lowest BCUT2D eigenvalue weighted by Gasteiger charge is -2.32. The maximum Gasteiger partial charge on any atom is 0.105 e. The molecule has 1 unspecified atom stereocenters. The molecule has 0 amide bonds. The fourth-order valence-electron chi connectivity index (χ4n) is 12.3. The van der Waals surface area contributed by atoms with Crippen molar-refractivity contribution >= 4 is 71.0 Å². The van der Waals surface area contributed by atoms with E-state index in [0.717, 1.165) is 46.3 Å². The monoisotopic (exact) mass is 811 g/mol. The summed E-state index contributed by atoms with van der Waals surface area (Å²) in [5, 5.41) is 7.34. The average molecular weight is 812 g/mol. The Morgan fingerprint density at radius 1 is 0.406 bits per heavy atom. The van der Waals surface area contributed by atoms with Crippen molar-refractivity contribution in [1.82, 2.24) is 13.7 Å². The van der Waals surface area contributed by atoms with Gasteiger partial charge < -0.3 is 13.7 Å². The van der Waals surface area contributed by atoms with Crippen LogP contribution in [0.25, 0.3) is 99.2 Å². The molecule has 3 nitrogen and oxygen atoms in total. The predicted molar refractivity (Wildman–Crippen MR) is 264 cm³/mol. The topological polar surface area (TPSA) is 14.8 Å². The van der Waals surface area contributed by atoms with Crippen molar-refractivity contribution in [2.24, 2.45) is 0 Å².